The van der Waals surface area contributed by atoms with Crippen LogP contribution in [0.2, 0.25) is 0 Å². The van der Waals surface area contributed by atoms with Crippen molar-refractivity contribution in [2.45, 2.75) is 13.0 Å². The summed E-state index contributed by atoms with van der Waals surface area (Å²) in [5.41, 5.74) is 4.97. The fraction of sp³-hybridized carbons (Fsp3) is 0.150. The van der Waals surface area contributed by atoms with Crippen LogP contribution in [0.3, 0.4) is 0 Å². The minimum absolute atomic E-state index is 0.241. The normalized spacial score (nSPS) is 10.7. The summed E-state index contributed by atoms with van der Waals surface area (Å²) in [7, 11) is 0. The van der Waals surface area contributed by atoms with E-state index in [4.69, 9.17) is 0 Å². The summed E-state index contributed by atoms with van der Waals surface area (Å²) in [6.45, 7) is 0.957. The fourth-order valence-electron chi connectivity index (χ4n) is 2.54. The van der Waals surface area contributed by atoms with Crippen molar-refractivity contribution in [2.24, 2.45) is 0 Å². The van der Waals surface area contributed by atoms with E-state index in [0.717, 1.165) is 5.56 Å². The Labute approximate surface area is 151 Å². The third kappa shape index (κ3) is 4.94. The second-order valence-corrected chi connectivity index (χ2v) is 5.80. The van der Waals surface area contributed by atoms with E-state index in [0.29, 0.717) is 30.6 Å². The monoisotopic (exact) mass is 350 g/mol. The first-order valence-electron chi connectivity index (χ1n) is 8.30. The van der Waals surface area contributed by atoms with Crippen LogP contribution >= 0.6 is 0 Å². The summed E-state index contributed by atoms with van der Waals surface area (Å²) in [5, 5.41) is 1.77. The maximum atomic E-state index is 13.9. The molecule has 2 aromatic heterocycles. The molecule has 0 unspecified atom stereocenters. The first-order valence-corrected chi connectivity index (χ1v) is 8.30. The predicted molar refractivity (Wildman–Crippen MR) is 96.5 cm³/mol. The molecule has 3 aromatic rings. The van der Waals surface area contributed by atoms with Crippen LogP contribution in [-0.2, 0) is 13.0 Å². The van der Waals surface area contributed by atoms with Gasteiger partial charge in [0.05, 0.1) is 5.56 Å². The molecule has 0 aliphatic carbocycles. The van der Waals surface area contributed by atoms with E-state index in [1.807, 2.05) is 12.1 Å². The van der Waals surface area contributed by atoms with Crippen LogP contribution in [0.15, 0.2) is 73.3 Å². The van der Waals surface area contributed by atoms with E-state index in [1.165, 1.54) is 12.3 Å². The van der Waals surface area contributed by atoms with Gasteiger partial charge in [0.15, 0.2) is 0 Å². The van der Waals surface area contributed by atoms with Crippen molar-refractivity contribution in [3.05, 3.63) is 95.8 Å². The van der Waals surface area contributed by atoms with Crippen molar-refractivity contribution >= 4 is 5.91 Å². The molecule has 5 nitrogen and oxygen atoms in total. The maximum Gasteiger partial charge on any atom is 0.267 e. The summed E-state index contributed by atoms with van der Waals surface area (Å²) in [4.78, 5) is 20.4. The molecule has 0 fully saturated rings. The van der Waals surface area contributed by atoms with Crippen LogP contribution < -0.4 is 5.43 Å². The highest BCUT2D eigenvalue weighted by atomic mass is 19.1. The van der Waals surface area contributed by atoms with Gasteiger partial charge in [0.25, 0.3) is 5.91 Å². The summed E-state index contributed by atoms with van der Waals surface area (Å²) < 4.78 is 13.9. The van der Waals surface area contributed by atoms with Gasteiger partial charge in [0.2, 0.25) is 0 Å². The minimum atomic E-state index is -0.249. The molecule has 0 aliphatic rings. The number of halogens is 1. The lowest BCUT2D eigenvalue weighted by molar-refractivity contribution is 0.0775. The first kappa shape index (κ1) is 17.7. The molecule has 2 heterocycles. The molecule has 0 saturated carbocycles. The number of nitrogens with one attached hydrogen (secondary N) is 1. The highest BCUT2D eigenvalue weighted by molar-refractivity contribution is 5.93. The second-order valence-electron chi connectivity index (χ2n) is 5.80. The molecular formula is C20H19FN4O. The third-order valence-electron chi connectivity index (χ3n) is 3.92. The van der Waals surface area contributed by atoms with Gasteiger partial charge in [0, 0.05) is 37.9 Å². The highest BCUT2D eigenvalue weighted by Gasteiger charge is 2.13. The summed E-state index contributed by atoms with van der Waals surface area (Å²) in [6, 6.07) is 13.8. The predicted octanol–water partition coefficient (Wildman–Crippen LogP) is 3.01. The Morgan fingerprint density at radius 1 is 1.00 bits per heavy atom. The molecule has 26 heavy (non-hydrogen) atoms. The smallest absolute Gasteiger partial charge is 0.267 e. The number of pyridine rings is 2. The van der Waals surface area contributed by atoms with Crippen molar-refractivity contribution in [2.75, 3.05) is 6.54 Å². The Balaban J connectivity index is 1.71. The van der Waals surface area contributed by atoms with Gasteiger partial charge in [-0.2, -0.15) is 0 Å². The molecule has 3 rings (SSSR count). The quantitative estimate of drug-likeness (QED) is 0.666. The Bertz CT molecular complexity index is 843. The molecule has 1 amide bonds. The Morgan fingerprint density at radius 2 is 1.81 bits per heavy atom. The molecule has 0 saturated heterocycles. The van der Waals surface area contributed by atoms with Crippen molar-refractivity contribution in [3.8, 4) is 0 Å². The number of nitrogens with zero attached hydrogens (tertiary/aromatic N) is 3. The van der Waals surface area contributed by atoms with Gasteiger partial charge in [-0.15, -0.1) is 0 Å². The number of benzene rings is 1. The number of carbonyl (C=O) groups is 1. The number of hydrogen-bond acceptors (Lipinski definition) is 4. The number of hydrazine groups is 1. The van der Waals surface area contributed by atoms with E-state index < -0.39 is 0 Å². The zero-order valence-corrected chi connectivity index (χ0v) is 14.2. The Morgan fingerprint density at radius 3 is 2.54 bits per heavy atom. The van der Waals surface area contributed by atoms with Crippen molar-refractivity contribution in [1.29, 1.82) is 0 Å². The standard InChI is InChI=1S/C20H19FN4O/c21-19-6-2-1-4-17(19)9-13-25(15-16-7-11-22-12-8-16)24-20(26)18-5-3-10-23-14-18/h1-8,10-12,14H,9,13,15H2,(H,24,26). The van der Waals surface area contributed by atoms with E-state index in [-0.39, 0.29) is 11.7 Å². The van der Waals surface area contributed by atoms with Gasteiger partial charge in [-0.3, -0.25) is 20.2 Å². The SMILES string of the molecule is O=C(NN(CCc1ccccc1F)Cc1ccncc1)c1cccnc1. The number of carbonyl (C=O) groups excluding carboxylic acids is 1. The molecule has 0 bridgehead atoms. The van der Waals surface area contributed by atoms with E-state index in [9.17, 15) is 9.18 Å². The van der Waals surface area contributed by atoms with Crippen LogP contribution in [0, 0.1) is 5.82 Å². The average molecular weight is 350 g/mol. The number of aromatic nitrogens is 2. The molecule has 132 valence electrons. The second kappa shape index (κ2) is 8.82. The number of hydrogen-bond donors (Lipinski definition) is 1. The molecule has 0 radical (unpaired) electrons. The van der Waals surface area contributed by atoms with Gasteiger partial charge >= 0.3 is 0 Å². The molecular weight excluding hydrogens is 331 g/mol. The summed E-state index contributed by atoms with van der Waals surface area (Å²) in [5.74, 6) is -0.490. The highest BCUT2D eigenvalue weighted by Crippen LogP contribution is 2.09. The first-order chi connectivity index (χ1) is 12.7. The fourth-order valence-corrected chi connectivity index (χ4v) is 2.54. The Kier molecular flexibility index (Phi) is 6.01. The van der Waals surface area contributed by atoms with Crippen LogP contribution in [-0.4, -0.2) is 27.4 Å². The summed E-state index contributed by atoms with van der Waals surface area (Å²) in [6.07, 6.45) is 7.01. The van der Waals surface area contributed by atoms with Gasteiger partial charge < -0.3 is 0 Å². The third-order valence-corrected chi connectivity index (χ3v) is 3.92. The van der Waals surface area contributed by atoms with Crippen molar-refractivity contribution < 1.29 is 9.18 Å². The van der Waals surface area contributed by atoms with Crippen molar-refractivity contribution in [3.63, 3.8) is 0 Å². The van der Waals surface area contributed by atoms with Gasteiger partial charge in [-0.25, -0.2) is 9.40 Å². The van der Waals surface area contributed by atoms with Crippen molar-refractivity contribution in [1.82, 2.24) is 20.4 Å². The van der Waals surface area contributed by atoms with Gasteiger partial charge in [-0.1, -0.05) is 18.2 Å². The van der Waals surface area contributed by atoms with Crippen LogP contribution in [0.4, 0.5) is 4.39 Å². The van der Waals surface area contributed by atoms with E-state index in [2.05, 4.69) is 15.4 Å². The van der Waals surface area contributed by atoms with Crippen LogP contribution in [0.1, 0.15) is 21.5 Å². The Hall–Kier alpha value is -3.12. The molecule has 0 spiro atoms. The molecule has 0 aliphatic heterocycles. The van der Waals surface area contributed by atoms with Crippen LogP contribution in [0.25, 0.3) is 0 Å². The molecule has 0 atom stereocenters. The molecule has 1 aromatic carbocycles. The molecule has 1 N–H and O–H groups in total. The topological polar surface area (TPSA) is 58.1 Å². The number of amides is 1. The molecule has 6 heteroatoms. The summed E-state index contributed by atoms with van der Waals surface area (Å²) >= 11 is 0. The average Bonchev–Trinajstić information content (AvgIpc) is 2.68. The lowest BCUT2D eigenvalue weighted by Crippen LogP contribution is -2.43. The lowest BCUT2D eigenvalue weighted by atomic mass is 10.1. The van der Waals surface area contributed by atoms with Crippen LogP contribution in [0.5, 0.6) is 0 Å². The van der Waals surface area contributed by atoms with E-state index >= 15 is 0 Å². The minimum Gasteiger partial charge on any atom is -0.284 e. The van der Waals surface area contributed by atoms with Gasteiger partial charge in [0.1, 0.15) is 5.82 Å². The van der Waals surface area contributed by atoms with Gasteiger partial charge in [-0.05, 0) is 47.9 Å². The lowest BCUT2D eigenvalue weighted by Gasteiger charge is -2.23. The van der Waals surface area contributed by atoms with E-state index in [1.54, 1.807) is 53.9 Å². The maximum absolute atomic E-state index is 13.9. The largest absolute Gasteiger partial charge is 0.284 e. The number of rotatable bonds is 7. The zero-order valence-electron chi connectivity index (χ0n) is 14.2. The zero-order chi connectivity index (χ0) is 18.2.